The van der Waals surface area contributed by atoms with Gasteiger partial charge in [-0.05, 0) is 65.9 Å². The van der Waals surface area contributed by atoms with Gasteiger partial charge in [-0.15, -0.1) is 10.2 Å². The summed E-state index contributed by atoms with van der Waals surface area (Å²) < 4.78 is 2.27. The van der Waals surface area contributed by atoms with Crippen LogP contribution in [0.5, 0.6) is 0 Å². The van der Waals surface area contributed by atoms with Crippen LogP contribution in [0.4, 0.5) is 0 Å². The van der Waals surface area contributed by atoms with Gasteiger partial charge >= 0.3 is 0 Å². The summed E-state index contributed by atoms with van der Waals surface area (Å²) >= 11 is 0. The lowest BCUT2D eigenvalue weighted by Gasteiger charge is -2.12. The Kier molecular flexibility index (Phi) is 6.67. The molecule has 0 bridgehead atoms. The number of rotatable bonds is 8. The number of aromatic nitrogens is 8. The SMILES string of the molecule is CCCCc1nc2cc(-c3cc(C)ccn3)c(C)nc2n1Cc1ccc(-c2ccccc2-c2nn[nH]n2)cc1. The minimum atomic E-state index is 0.585. The topological polar surface area (TPSA) is 98.1 Å². The predicted molar refractivity (Wildman–Crippen MR) is 153 cm³/mol. The molecule has 4 heterocycles. The van der Waals surface area contributed by atoms with E-state index in [9.17, 15) is 0 Å². The third-order valence-corrected chi connectivity index (χ3v) is 7.05. The van der Waals surface area contributed by atoms with Crippen LogP contribution in [-0.2, 0) is 13.0 Å². The maximum atomic E-state index is 5.05. The quantitative estimate of drug-likeness (QED) is 0.254. The molecule has 4 aromatic heterocycles. The van der Waals surface area contributed by atoms with E-state index >= 15 is 0 Å². The van der Waals surface area contributed by atoms with Gasteiger partial charge in [-0.3, -0.25) is 4.98 Å². The molecular formula is C31H30N8. The number of unbranched alkanes of at least 4 members (excludes halogenated alkanes) is 1. The van der Waals surface area contributed by atoms with E-state index in [4.69, 9.17) is 9.97 Å². The average molecular weight is 515 g/mol. The molecule has 194 valence electrons. The number of nitrogens with one attached hydrogen (secondary N) is 1. The van der Waals surface area contributed by atoms with Crippen molar-refractivity contribution in [2.24, 2.45) is 0 Å². The Morgan fingerprint density at radius 3 is 2.44 bits per heavy atom. The molecule has 0 saturated carbocycles. The normalized spacial score (nSPS) is 11.4. The highest BCUT2D eigenvalue weighted by Crippen LogP contribution is 2.31. The highest BCUT2D eigenvalue weighted by Gasteiger charge is 2.17. The second-order valence-electron chi connectivity index (χ2n) is 9.88. The Labute approximate surface area is 227 Å². The van der Waals surface area contributed by atoms with Gasteiger partial charge in [-0.25, -0.2) is 9.97 Å². The van der Waals surface area contributed by atoms with E-state index in [1.165, 1.54) is 11.1 Å². The lowest BCUT2D eigenvalue weighted by Crippen LogP contribution is -2.07. The first-order valence-electron chi connectivity index (χ1n) is 13.3. The third-order valence-electron chi connectivity index (χ3n) is 7.05. The Hall–Kier alpha value is -4.72. The number of aromatic amines is 1. The summed E-state index contributed by atoms with van der Waals surface area (Å²) in [5.74, 6) is 1.65. The number of benzene rings is 2. The van der Waals surface area contributed by atoms with Gasteiger partial charge in [0.15, 0.2) is 5.65 Å². The van der Waals surface area contributed by atoms with Crippen LogP contribution >= 0.6 is 0 Å². The number of aryl methyl sites for hydroxylation is 3. The molecule has 8 nitrogen and oxygen atoms in total. The first kappa shape index (κ1) is 24.6. The van der Waals surface area contributed by atoms with E-state index in [-0.39, 0.29) is 0 Å². The van der Waals surface area contributed by atoms with E-state index in [0.29, 0.717) is 12.4 Å². The summed E-state index contributed by atoms with van der Waals surface area (Å²) in [7, 11) is 0. The van der Waals surface area contributed by atoms with E-state index in [1.807, 2.05) is 30.5 Å². The van der Waals surface area contributed by atoms with Gasteiger partial charge in [0.25, 0.3) is 0 Å². The number of hydrogen-bond acceptors (Lipinski definition) is 6. The van der Waals surface area contributed by atoms with E-state index in [0.717, 1.165) is 69.9 Å². The van der Waals surface area contributed by atoms with Crippen molar-refractivity contribution in [1.29, 1.82) is 0 Å². The zero-order chi connectivity index (χ0) is 26.8. The van der Waals surface area contributed by atoms with Gasteiger partial charge in [0, 0.05) is 29.4 Å². The first-order valence-corrected chi connectivity index (χ1v) is 13.3. The predicted octanol–water partition coefficient (Wildman–Crippen LogP) is 6.35. The summed E-state index contributed by atoms with van der Waals surface area (Å²) in [4.78, 5) is 14.7. The van der Waals surface area contributed by atoms with Crippen LogP contribution in [0.2, 0.25) is 0 Å². The molecule has 0 unspecified atom stereocenters. The van der Waals surface area contributed by atoms with Gasteiger partial charge in [0.05, 0.1) is 12.2 Å². The molecule has 0 amide bonds. The van der Waals surface area contributed by atoms with Crippen molar-refractivity contribution in [2.45, 2.75) is 46.6 Å². The van der Waals surface area contributed by atoms with Crippen molar-refractivity contribution < 1.29 is 0 Å². The molecule has 0 spiro atoms. The number of tetrazole rings is 1. The highest BCUT2D eigenvalue weighted by molar-refractivity contribution is 5.81. The van der Waals surface area contributed by atoms with Crippen LogP contribution in [0, 0.1) is 13.8 Å². The van der Waals surface area contributed by atoms with Crippen molar-refractivity contribution in [2.75, 3.05) is 0 Å². The largest absolute Gasteiger partial charge is 0.308 e. The van der Waals surface area contributed by atoms with Crippen LogP contribution < -0.4 is 0 Å². The summed E-state index contributed by atoms with van der Waals surface area (Å²) in [6.07, 6.45) is 4.97. The molecule has 0 atom stereocenters. The van der Waals surface area contributed by atoms with Crippen LogP contribution in [0.15, 0.2) is 72.9 Å². The van der Waals surface area contributed by atoms with E-state index in [2.05, 4.69) is 93.4 Å². The fourth-order valence-electron chi connectivity index (χ4n) is 5.00. The lowest BCUT2D eigenvalue weighted by molar-refractivity contribution is 0.686. The van der Waals surface area contributed by atoms with Gasteiger partial charge in [-0.1, -0.05) is 61.9 Å². The monoisotopic (exact) mass is 514 g/mol. The second kappa shape index (κ2) is 10.6. The van der Waals surface area contributed by atoms with Crippen molar-refractivity contribution in [3.05, 3.63) is 95.6 Å². The molecule has 0 aliphatic carbocycles. The van der Waals surface area contributed by atoms with Gasteiger partial charge < -0.3 is 4.57 Å². The summed E-state index contributed by atoms with van der Waals surface area (Å²) in [6.45, 7) is 7.05. The Balaban J connectivity index is 1.36. The van der Waals surface area contributed by atoms with Crippen molar-refractivity contribution >= 4 is 11.2 Å². The summed E-state index contributed by atoms with van der Waals surface area (Å²) in [5, 5.41) is 14.6. The van der Waals surface area contributed by atoms with Crippen LogP contribution in [0.1, 0.15) is 42.4 Å². The molecule has 6 rings (SSSR count). The van der Waals surface area contributed by atoms with Gasteiger partial charge in [-0.2, -0.15) is 5.21 Å². The van der Waals surface area contributed by atoms with Gasteiger partial charge in [0.2, 0.25) is 5.82 Å². The average Bonchev–Trinajstić information content (AvgIpc) is 3.61. The second-order valence-corrected chi connectivity index (χ2v) is 9.88. The first-order chi connectivity index (χ1) is 19.1. The zero-order valence-electron chi connectivity index (χ0n) is 22.4. The van der Waals surface area contributed by atoms with Crippen molar-refractivity contribution in [1.82, 2.24) is 40.1 Å². The smallest absolute Gasteiger partial charge is 0.205 e. The number of hydrogen-bond donors (Lipinski definition) is 1. The Morgan fingerprint density at radius 1 is 0.872 bits per heavy atom. The maximum Gasteiger partial charge on any atom is 0.205 e. The maximum absolute atomic E-state index is 5.05. The summed E-state index contributed by atoms with van der Waals surface area (Å²) in [6, 6.07) is 23.0. The van der Waals surface area contributed by atoms with Crippen LogP contribution in [0.25, 0.3) is 44.9 Å². The van der Waals surface area contributed by atoms with Crippen molar-refractivity contribution in [3.63, 3.8) is 0 Å². The molecule has 0 saturated heterocycles. The molecule has 0 fully saturated rings. The number of pyridine rings is 2. The highest BCUT2D eigenvalue weighted by atomic mass is 15.5. The third kappa shape index (κ3) is 4.93. The molecule has 1 N–H and O–H groups in total. The molecule has 6 aromatic rings. The van der Waals surface area contributed by atoms with Crippen LogP contribution in [0.3, 0.4) is 0 Å². The minimum Gasteiger partial charge on any atom is -0.308 e. The van der Waals surface area contributed by atoms with E-state index < -0.39 is 0 Å². The van der Waals surface area contributed by atoms with Gasteiger partial charge in [0.1, 0.15) is 11.3 Å². The van der Waals surface area contributed by atoms with Crippen LogP contribution in [-0.4, -0.2) is 40.1 Å². The Morgan fingerprint density at radius 2 is 1.69 bits per heavy atom. The number of nitrogens with zero attached hydrogens (tertiary/aromatic N) is 7. The van der Waals surface area contributed by atoms with E-state index in [1.54, 1.807) is 0 Å². The molecule has 8 heteroatoms. The standard InChI is InChI=1S/C31H30N8/c1-4-5-10-29-34-28-18-26(27-17-20(2)15-16-32-27)21(3)33-31(28)39(29)19-22-11-13-23(14-12-22)24-8-6-7-9-25(24)30-35-37-38-36-30/h6-9,11-18H,4-5,10,19H2,1-3H3,(H,35,36,37,38). The number of fused-ring (bicyclic) bond motifs is 1. The molecule has 0 aliphatic rings. The molecule has 0 radical (unpaired) electrons. The number of imidazole rings is 1. The fourth-order valence-corrected chi connectivity index (χ4v) is 5.00. The lowest BCUT2D eigenvalue weighted by atomic mass is 9.98. The minimum absolute atomic E-state index is 0.585. The molecule has 39 heavy (non-hydrogen) atoms. The van der Waals surface area contributed by atoms with Crippen molar-refractivity contribution in [3.8, 4) is 33.8 Å². The summed E-state index contributed by atoms with van der Waals surface area (Å²) in [5.41, 5.74) is 10.2. The molecule has 2 aromatic carbocycles. The zero-order valence-corrected chi connectivity index (χ0v) is 22.4. The molecular weight excluding hydrogens is 484 g/mol. The Bertz CT molecular complexity index is 1730. The molecule has 0 aliphatic heterocycles. The number of H-pyrrole nitrogens is 1. The fraction of sp³-hybridized carbons (Fsp3) is 0.226.